The molecule has 48 valence electrons. The topological polar surface area (TPSA) is 34.1 Å². The highest BCUT2D eigenvalue weighted by atomic mass is 35.7. The van der Waals surface area contributed by atoms with E-state index in [1.54, 1.807) is 0 Å². The molecule has 0 bridgehead atoms. The van der Waals surface area contributed by atoms with Crippen LogP contribution in [0.5, 0.6) is 0 Å². The van der Waals surface area contributed by atoms with Crippen LogP contribution < -0.4 is 0 Å². The maximum absolute atomic E-state index is 10.1. The lowest BCUT2D eigenvalue weighted by Gasteiger charge is -1.84. The average molecular weight is 175 g/mol. The zero-order valence-electron chi connectivity index (χ0n) is 3.99. The van der Waals surface area contributed by atoms with Gasteiger partial charge in [0.2, 0.25) is 5.24 Å². The van der Waals surface area contributed by atoms with Gasteiger partial charge in [0.15, 0.2) is 7.15 Å². The molecule has 8 heavy (non-hydrogen) atoms. The summed E-state index contributed by atoms with van der Waals surface area (Å²) in [7, 11) is -2.01. The van der Waals surface area contributed by atoms with E-state index in [1.807, 2.05) is 0 Å². The van der Waals surface area contributed by atoms with Crippen LogP contribution in [0.3, 0.4) is 0 Å². The fourth-order valence-electron chi connectivity index (χ4n) is 0.197. The molecule has 0 radical (unpaired) electrons. The molecule has 0 fully saturated rings. The summed E-state index contributed by atoms with van der Waals surface area (Å²) in [4.78, 5) is 9.93. The van der Waals surface area contributed by atoms with E-state index in [0.29, 0.717) is 0 Å². The second-order valence-corrected chi connectivity index (χ2v) is 4.11. The summed E-state index contributed by atoms with van der Waals surface area (Å²) in [5, 5.41) is -0.482. The van der Waals surface area contributed by atoms with Gasteiger partial charge < -0.3 is 4.57 Å². The van der Waals surface area contributed by atoms with Crippen molar-refractivity contribution in [1.82, 2.24) is 0 Å². The Morgan fingerprint density at radius 2 is 2.12 bits per heavy atom. The van der Waals surface area contributed by atoms with E-state index < -0.39 is 12.4 Å². The highest BCUT2D eigenvalue weighted by molar-refractivity contribution is 7.73. The van der Waals surface area contributed by atoms with E-state index in [0.717, 1.165) is 0 Å². The Bertz CT molecular complexity index is 99.9. The van der Waals surface area contributed by atoms with Gasteiger partial charge in [-0.05, 0) is 11.6 Å². The minimum absolute atomic E-state index is 0.114. The molecule has 0 aliphatic carbocycles. The van der Waals surface area contributed by atoms with Crippen LogP contribution in [-0.2, 0) is 9.36 Å². The minimum Gasteiger partial charge on any atom is -0.310 e. The Balaban J connectivity index is 3.18. The van der Waals surface area contributed by atoms with Crippen molar-refractivity contribution in [2.45, 2.75) is 6.42 Å². The summed E-state index contributed by atoms with van der Waals surface area (Å²) in [6, 6.07) is 0. The number of hydrogen-bond donors (Lipinski definition) is 0. The third-order valence-corrected chi connectivity index (χ3v) is 1.92. The Morgan fingerprint density at radius 1 is 1.62 bits per heavy atom. The number of halogens is 2. The van der Waals surface area contributed by atoms with E-state index in [9.17, 15) is 9.36 Å². The van der Waals surface area contributed by atoms with Gasteiger partial charge in [-0.2, -0.15) is 0 Å². The molecular weight excluding hydrogens is 170 g/mol. The summed E-state index contributed by atoms with van der Waals surface area (Å²) in [6.45, 7) is 0. The minimum atomic E-state index is -2.01. The molecule has 0 saturated carbocycles. The van der Waals surface area contributed by atoms with Crippen LogP contribution in [0, 0.1) is 0 Å². The van der Waals surface area contributed by atoms with Crippen molar-refractivity contribution >= 4 is 35.2 Å². The molecule has 0 amide bonds. The molecule has 0 rings (SSSR count). The van der Waals surface area contributed by atoms with Gasteiger partial charge in [0, 0.05) is 12.6 Å². The first-order chi connectivity index (χ1) is 3.63. The average Bonchev–Trinajstić information content (AvgIpc) is 1.61. The van der Waals surface area contributed by atoms with Gasteiger partial charge in [0.25, 0.3) is 0 Å². The summed E-state index contributed by atoms with van der Waals surface area (Å²) < 4.78 is 10.1. The number of carbonyl (C=O) groups is 1. The van der Waals surface area contributed by atoms with Crippen molar-refractivity contribution < 1.29 is 9.36 Å². The molecule has 0 aromatic carbocycles. The maximum atomic E-state index is 10.1. The summed E-state index contributed by atoms with van der Waals surface area (Å²) in [5.74, 6) is 0. The smallest absolute Gasteiger partial charge is 0.222 e. The molecule has 2 nitrogen and oxygen atoms in total. The molecule has 0 N–H and O–H groups in total. The van der Waals surface area contributed by atoms with Gasteiger partial charge in [-0.3, -0.25) is 4.79 Å². The molecule has 1 atom stereocenters. The standard InChI is InChI=1S/C3H5Cl2O2P/c4-3(6)1-2-8(5)7/h8H,1-2H2. The lowest BCUT2D eigenvalue weighted by Crippen LogP contribution is -1.85. The van der Waals surface area contributed by atoms with Crippen molar-refractivity contribution in [2.24, 2.45) is 0 Å². The van der Waals surface area contributed by atoms with Crippen LogP contribution in [0.1, 0.15) is 6.42 Å². The highest BCUT2D eigenvalue weighted by Crippen LogP contribution is 2.26. The van der Waals surface area contributed by atoms with Gasteiger partial charge in [0.05, 0.1) is 0 Å². The van der Waals surface area contributed by atoms with Crippen LogP contribution in [0.4, 0.5) is 0 Å². The van der Waals surface area contributed by atoms with Gasteiger partial charge in [-0.1, -0.05) is 11.2 Å². The fourth-order valence-corrected chi connectivity index (χ4v) is 1.16. The Hall–Kier alpha value is 0.480. The predicted molar refractivity (Wildman–Crippen MR) is 35.2 cm³/mol. The summed E-state index contributed by atoms with van der Waals surface area (Å²) in [5.41, 5.74) is 0. The first kappa shape index (κ1) is 8.48. The molecule has 5 heteroatoms. The first-order valence-electron chi connectivity index (χ1n) is 1.99. The molecule has 1 unspecified atom stereocenters. The van der Waals surface area contributed by atoms with E-state index >= 15 is 0 Å². The Kier molecular flexibility index (Phi) is 4.63. The van der Waals surface area contributed by atoms with Crippen molar-refractivity contribution in [3.8, 4) is 0 Å². The van der Waals surface area contributed by atoms with Crippen molar-refractivity contribution in [1.29, 1.82) is 0 Å². The molecule has 0 heterocycles. The van der Waals surface area contributed by atoms with Crippen molar-refractivity contribution in [2.75, 3.05) is 6.16 Å². The lowest BCUT2D eigenvalue weighted by atomic mass is 10.6. The molecule has 0 spiro atoms. The van der Waals surface area contributed by atoms with Crippen molar-refractivity contribution in [3.05, 3.63) is 0 Å². The zero-order chi connectivity index (χ0) is 6.57. The predicted octanol–water partition coefficient (Wildman–Crippen LogP) is 1.86. The Labute approximate surface area is 57.7 Å². The molecule has 0 aliphatic rings. The third-order valence-electron chi connectivity index (χ3n) is 0.518. The second-order valence-electron chi connectivity index (χ2n) is 1.21. The summed E-state index contributed by atoms with van der Waals surface area (Å²) >= 11 is 9.96. The lowest BCUT2D eigenvalue weighted by molar-refractivity contribution is -0.111. The van der Waals surface area contributed by atoms with Gasteiger partial charge >= 0.3 is 0 Å². The number of carbonyl (C=O) groups excluding carboxylic acids is 1. The normalized spacial score (nSPS) is 13.2. The second kappa shape index (κ2) is 4.37. The monoisotopic (exact) mass is 174 g/mol. The maximum Gasteiger partial charge on any atom is 0.222 e. The van der Waals surface area contributed by atoms with Crippen LogP contribution in [0.2, 0.25) is 0 Å². The zero-order valence-corrected chi connectivity index (χ0v) is 6.50. The molecule has 0 aliphatic heterocycles. The van der Waals surface area contributed by atoms with Crippen LogP contribution in [0.25, 0.3) is 0 Å². The van der Waals surface area contributed by atoms with Gasteiger partial charge in [-0.25, -0.2) is 0 Å². The SMILES string of the molecule is O=C(Cl)CC[PH](=O)Cl. The van der Waals surface area contributed by atoms with E-state index in [4.69, 9.17) is 22.8 Å². The largest absolute Gasteiger partial charge is 0.310 e. The van der Waals surface area contributed by atoms with E-state index in [2.05, 4.69) is 0 Å². The van der Waals surface area contributed by atoms with Crippen LogP contribution in [0.15, 0.2) is 0 Å². The van der Waals surface area contributed by atoms with Crippen LogP contribution >= 0.6 is 30.0 Å². The molecular formula is C3H5Cl2O2P. The first-order valence-corrected chi connectivity index (χ1v) is 5.00. The quantitative estimate of drug-likeness (QED) is 0.484. The van der Waals surface area contributed by atoms with Gasteiger partial charge in [-0.15, -0.1) is 0 Å². The highest BCUT2D eigenvalue weighted by Gasteiger charge is 1.97. The Morgan fingerprint density at radius 3 is 2.25 bits per heavy atom. The van der Waals surface area contributed by atoms with Crippen LogP contribution in [-0.4, -0.2) is 11.4 Å². The fraction of sp³-hybridized carbons (Fsp3) is 0.667. The molecule has 0 aromatic rings. The number of rotatable bonds is 3. The van der Waals surface area contributed by atoms with E-state index in [-0.39, 0.29) is 12.6 Å². The van der Waals surface area contributed by atoms with Crippen molar-refractivity contribution in [3.63, 3.8) is 0 Å². The molecule has 0 aromatic heterocycles. The summed E-state index contributed by atoms with van der Waals surface area (Å²) in [6.07, 6.45) is 0.331. The third kappa shape index (κ3) is 6.48. The number of hydrogen-bond acceptors (Lipinski definition) is 2. The van der Waals surface area contributed by atoms with E-state index in [1.165, 1.54) is 0 Å². The van der Waals surface area contributed by atoms with Gasteiger partial charge in [0.1, 0.15) is 0 Å². The molecule has 0 saturated heterocycles.